The minimum Gasteiger partial charge on any atom is -0.450 e. The van der Waals surface area contributed by atoms with Crippen molar-refractivity contribution in [3.63, 3.8) is 0 Å². The number of urea groups is 1. The standard InChI is InChI=1S/C20H21N3O5S/c1-2-28-20(25)23-17-9-5-15(6-10-17)14-3-7-16(8-4-14)21-19(24)22-18-11-12-29(26,27)13-18/h3-12,18H,2,13H2,1H3,(H,23,25)(H2,21,22,24). The van der Waals surface area contributed by atoms with Crippen LogP contribution in [0.4, 0.5) is 21.0 Å². The minimum absolute atomic E-state index is 0.125. The summed E-state index contributed by atoms with van der Waals surface area (Å²) >= 11 is 0. The predicted molar refractivity (Wildman–Crippen MR) is 111 cm³/mol. The molecule has 1 heterocycles. The van der Waals surface area contributed by atoms with Crippen LogP contribution in [0.25, 0.3) is 11.1 Å². The molecule has 29 heavy (non-hydrogen) atoms. The van der Waals surface area contributed by atoms with Gasteiger partial charge in [0.1, 0.15) is 0 Å². The van der Waals surface area contributed by atoms with E-state index in [1.165, 1.54) is 6.08 Å². The Morgan fingerprint density at radius 1 is 0.966 bits per heavy atom. The van der Waals surface area contributed by atoms with Crippen molar-refractivity contribution in [1.29, 1.82) is 0 Å². The van der Waals surface area contributed by atoms with Gasteiger partial charge >= 0.3 is 12.1 Å². The molecule has 8 nitrogen and oxygen atoms in total. The summed E-state index contributed by atoms with van der Waals surface area (Å²) in [4.78, 5) is 23.4. The van der Waals surface area contributed by atoms with Gasteiger partial charge in [0.2, 0.25) is 0 Å². The van der Waals surface area contributed by atoms with Crippen molar-refractivity contribution in [2.75, 3.05) is 23.0 Å². The van der Waals surface area contributed by atoms with Crippen LogP contribution in [0.1, 0.15) is 6.92 Å². The number of benzene rings is 2. The molecule has 0 aliphatic carbocycles. The highest BCUT2D eigenvalue weighted by Gasteiger charge is 2.22. The number of carbonyl (C=O) groups is 2. The maximum absolute atomic E-state index is 12.0. The largest absolute Gasteiger partial charge is 0.450 e. The van der Waals surface area contributed by atoms with Gasteiger partial charge in [-0.1, -0.05) is 24.3 Å². The molecule has 1 atom stereocenters. The molecule has 0 radical (unpaired) electrons. The van der Waals surface area contributed by atoms with Crippen LogP contribution in [-0.4, -0.2) is 38.9 Å². The van der Waals surface area contributed by atoms with Crippen LogP contribution < -0.4 is 16.0 Å². The Morgan fingerprint density at radius 2 is 1.52 bits per heavy atom. The van der Waals surface area contributed by atoms with E-state index < -0.39 is 28.0 Å². The van der Waals surface area contributed by atoms with E-state index in [4.69, 9.17) is 4.74 Å². The number of ether oxygens (including phenoxy) is 1. The number of nitrogens with one attached hydrogen (secondary N) is 3. The summed E-state index contributed by atoms with van der Waals surface area (Å²) < 4.78 is 27.6. The maximum Gasteiger partial charge on any atom is 0.411 e. The Hall–Kier alpha value is -3.33. The molecule has 2 aromatic carbocycles. The number of hydrogen-bond acceptors (Lipinski definition) is 5. The minimum atomic E-state index is -3.22. The van der Waals surface area contributed by atoms with E-state index in [-0.39, 0.29) is 5.75 Å². The topological polar surface area (TPSA) is 114 Å². The second kappa shape index (κ2) is 8.78. The van der Waals surface area contributed by atoms with E-state index in [2.05, 4.69) is 16.0 Å². The number of amides is 3. The SMILES string of the molecule is CCOC(=O)Nc1ccc(-c2ccc(NC(=O)NC3C=CS(=O)(=O)C3)cc2)cc1. The molecular formula is C20H21N3O5S. The number of anilines is 2. The quantitative estimate of drug-likeness (QED) is 0.693. The van der Waals surface area contributed by atoms with Crippen molar-refractivity contribution < 1.29 is 22.7 Å². The lowest BCUT2D eigenvalue weighted by Crippen LogP contribution is -2.38. The molecular weight excluding hydrogens is 394 g/mol. The first-order valence-electron chi connectivity index (χ1n) is 8.97. The van der Waals surface area contributed by atoms with Crippen molar-refractivity contribution in [3.8, 4) is 11.1 Å². The van der Waals surface area contributed by atoms with Crippen LogP contribution in [0, 0.1) is 0 Å². The van der Waals surface area contributed by atoms with Gasteiger partial charge in [0.25, 0.3) is 0 Å². The summed E-state index contributed by atoms with van der Waals surface area (Å²) in [6.07, 6.45) is 0.956. The third-order valence-corrected chi connectivity index (χ3v) is 5.52. The Labute approximate surface area is 168 Å². The molecule has 1 aliphatic rings. The molecule has 0 saturated heterocycles. The summed E-state index contributed by atoms with van der Waals surface area (Å²) in [5.41, 5.74) is 3.09. The second-order valence-electron chi connectivity index (χ2n) is 6.36. The zero-order valence-corrected chi connectivity index (χ0v) is 16.5. The Bertz CT molecular complexity index is 1020. The first-order valence-corrected chi connectivity index (χ1v) is 10.7. The Balaban J connectivity index is 1.56. The van der Waals surface area contributed by atoms with Crippen LogP contribution in [0.5, 0.6) is 0 Å². The molecule has 0 aromatic heterocycles. The molecule has 3 amide bonds. The fraction of sp³-hybridized carbons (Fsp3) is 0.200. The molecule has 0 fully saturated rings. The van der Waals surface area contributed by atoms with Crippen molar-refractivity contribution in [1.82, 2.24) is 5.32 Å². The van der Waals surface area contributed by atoms with E-state index in [9.17, 15) is 18.0 Å². The zero-order chi connectivity index (χ0) is 20.9. The van der Waals surface area contributed by atoms with E-state index >= 15 is 0 Å². The van der Waals surface area contributed by atoms with Gasteiger partial charge in [-0.2, -0.15) is 0 Å². The molecule has 0 saturated carbocycles. The number of hydrogen-bond donors (Lipinski definition) is 3. The molecule has 9 heteroatoms. The van der Waals surface area contributed by atoms with Crippen LogP contribution in [0.15, 0.2) is 60.0 Å². The summed E-state index contributed by atoms with van der Waals surface area (Å²) in [6.45, 7) is 2.04. The van der Waals surface area contributed by atoms with Gasteiger partial charge in [0.05, 0.1) is 18.4 Å². The molecule has 1 unspecified atom stereocenters. The van der Waals surface area contributed by atoms with Gasteiger partial charge < -0.3 is 15.4 Å². The lowest BCUT2D eigenvalue weighted by atomic mass is 10.1. The van der Waals surface area contributed by atoms with Gasteiger partial charge in [-0.3, -0.25) is 5.32 Å². The summed E-state index contributed by atoms with van der Waals surface area (Å²) in [5.74, 6) is -0.125. The third-order valence-electron chi connectivity index (χ3n) is 4.13. The number of rotatable bonds is 5. The number of carbonyl (C=O) groups excluding carboxylic acids is 2. The van der Waals surface area contributed by atoms with Crippen LogP contribution in [0.3, 0.4) is 0 Å². The van der Waals surface area contributed by atoms with Crippen LogP contribution in [-0.2, 0) is 14.6 Å². The summed E-state index contributed by atoms with van der Waals surface area (Å²) in [5, 5.41) is 9.02. The molecule has 0 spiro atoms. The zero-order valence-electron chi connectivity index (χ0n) is 15.7. The number of sulfone groups is 1. The fourth-order valence-corrected chi connectivity index (χ4v) is 4.01. The highest BCUT2D eigenvalue weighted by molar-refractivity contribution is 7.94. The normalized spacial score (nSPS) is 16.8. The van der Waals surface area contributed by atoms with Gasteiger partial charge in [-0.15, -0.1) is 0 Å². The first kappa shape index (κ1) is 20.4. The molecule has 152 valence electrons. The molecule has 0 bridgehead atoms. The average Bonchev–Trinajstić information content (AvgIpc) is 3.01. The van der Waals surface area contributed by atoms with Gasteiger partial charge in [0.15, 0.2) is 9.84 Å². The average molecular weight is 415 g/mol. The second-order valence-corrected chi connectivity index (χ2v) is 8.29. The molecule has 2 aromatic rings. The lowest BCUT2D eigenvalue weighted by molar-refractivity contribution is 0.168. The monoisotopic (exact) mass is 415 g/mol. The van der Waals surface area contributed by atoms with E-state index in [0.717, 1.165) is 16.5 Å². The predicted octanol–water partition coefficient (Wildman–Crippen LogP) is 3.35. The first-order chi connectivity index (χ1) is 13.8. The van der Waals surface area contributed by atoms with E-state index in [1.807, 2.05) is 24.3 Å². The van der Waals surface area contributed by atoms with Gasteiger partial charge in [-0.25, -0.2) is 18.0 Å². The Morgan fingerprint density at radius 3 is 2.00 bits per heavy atom. The molecule has 3 N–H and O–H groups in total. The van der Waals surface area contributed by atoms with Crippen molar-refractivity contribution in [2.45, 2.75) is 13.0 Å². The highest BCUT2D eigenvalue weighted by atomic mass is 32.2. The summed E-state index contributed by atoms with van der Waals surface area (Å²) in [7, 11) is -3.22. The molecule has 3 rings (SSSR count). The fourth-order valence-electron chi connectivity index (χ4n) is 2.78. The van der Waals surface area contributed by atoms with Crippen molar-refractivity contribution in [3.05, 3.63) is 60.0 Å². The summed E-state index contributed by atoms with van der Waals surface area (Å²) in [6, 6.07) is 13.5. The van der Waals surface area contributed by atoms with Crippen LogP contribution >= 0.6 is 0 Å². The van der Waals surface area contributed by atoms with Crippen molar-refractivity contribution >= 4 is 33.3 Å². The highest BCUT2D eigenvalue weighted by Crippen LogP contribution is 2.23. The van der Waals surface area contributed by atoms with Crippen LogP contribution in [0.2, 0.25) is 0 Å². The van der Waals surface area contributed by atoms with E-state index in [1.54, 1.807) is 31.2 Å². The Kier molecular flexibility index (Phi) is 6.18. The van der Waals surface area contributed by atoms with Crippen molar-refractivity contribution in [2.24, 2.45) is 0 Å². The molecule has 1 aliphatic heterocycles. The van der Waals surface area contributed by atoms with E-state index in [0.29, 0.717) is 18.0 Å². The van der Waals surface area contributed by atoms with Gasteiger partial charge in [0, 0.05) is 16.8 Å². The lowest BCUT2D eigenvalue weighted by Gasteiger charge is -2.12. The smallest absolute Gasteiger partial charge is 0.411 e. The van der Waals surface area contributed by atoms with Gasteiger partial charge in [-0.05, 0) is 48.4 Å². The maximum atomic E-state index is 12.0. The third kappa shape index (κ3) is 5.82.